The second kappa shape index (κ2) is 8.43. The van der Waals surface area contributed by atoms with E-state index in [9.17, 15) is 0 Å². The lowest BCUT2D eigenvalue weighted by molar-refractivity contribution is 0.703. The fourth-order valence-electron chi connectivity index (χ4n) is 2.77. The van der Waals surface area contributed by atoms with E-state index in [4.69, 9.17) is 28.9 Å². The number of nitrogens with zero attached hydrogens (tertiary/aromatic N) is 2. The summed E-state index contributed by atoms with van der Waals surface area (Å²) in [5.74, 6) is 1.36. The Hall–Kier alpha value is -2.24. The Kier molecular flexibility index (Phi) is 6.01. The van der Waals surface area contributed by atoms with Crippen LogP contribution in [0.25, 0.3) is 11.0 Å². The van der Waals surface area contributed by atoms with E-state index in [0.717, 1.165) is 35.3 Å². The second-order valence-electron chi connectivity index (χ2n) is 6.10. The Balaban J connectivity index is 1.50. The molecule has 0 radical (unpaired) electrons. The molecule has 0 aliphatic heterocycles. The van der Waals surface area contributed by atoms with Crippen LogP contribution in [0.15, 0.2) is 47.5 Å². The minimum atomic E-state index is -0.0566. The van der Waals surface area contributed by atoms with Crippen molar-refractivity contribution in [2.24, 2.45) is 10.7 Å². The van der Waals surface area contributed by atoms with Crippen LogP contribution in [-0.2, 0) is 6.42 Å². The van der Waals surface area contributed by atoms with Crippen molar-refractivity contribution in [3.05, 3.63) is 63.9 Å². The summed E-state index contributed by atoms with van der Waals surface area (Å²) in [6, 6.07) is 13.4. The summed E-state index contributed by atoms with van der Waals surface area (Å²) in [7, 11) is 0. The molecule has 4 N–H and O–H groups in total. The number of aryl methyl sites for hydroxylation is 1. The summed E-state index contributed by atoms with van der Waals surface area (Å²) in [4.78, 5) is 12.3. The van der Waals surface area contributed by atoms with E-state index in [1.165, 1.54) is 0 Å². The van der Waals surface area contributed by atoms with Crippen molar-refractivity contribution < 1.29 is 0 Å². The highest BCUT2D eigenvalue weighted by molar-refractivity contribution is 6.35. The number of nitrogens with one attached hydrogen (secondary N) is 2. The number of para-hydroxylation sites is 2. The summed E-state index contributed by atoms with van der Waals surface area (Å²) in [5.41, 5.74) is 8.95. The lowest BCUT2D eigenvalue weighted by Gasteiger charge is -2.16. The van der Waals surface area contributed by atoms with Crippen LogP contribution in [0.4, 0.5) is 0 Å². The van der Waals surface area contributed by atoms with Crippen molar-refractivity contribution in [3.63, 3.8) is 0 Å². The fourth-order valence-corrected chi connectivity index (χ4v) is 3.34. The number of aromatic nitrogens is 2. The van der Waals surface area contributed by atoms with E-state index >= 15 is 0 Å². The van der Waals surface area contributed by atoms with Gasteiger partial charge in [-0.3, -0.25) is 4.99 Å². The molecule has 3 aromatic rings. The van der Waals surface area contributed by atoms with Crippen LogP contribution in [-0.4, -0.2) is 22.5 Å². The first kappa shape index (κ1) is 18.5. The summed E-state index contributed by atoms with van der Waals surface area (Å²) in [5, 5.41) is 4.37. The van der Waals surface area contributed by atoms with Gasteiger partial charge in [0.1, 0.15) is 5.82 Å². The average Bonchev–Trinajstić information content (AvgIpc) is 3.01. The molecule has 0 amide bonds. The van der Waals surface area contributed by atoms with Gasteiger partial charge in [0.2, 0.25) is 0 Å². The van der Waals surface area contributed by atoms with Crippen LogP contribution in [0, 0.1) is 0 Å². The molecule has 3 rings (SSSR count). The molecule has 136 valence electrons. The summed E-state index contributed by atoms with van der Waals surface area (Å²) in [6.45, 7) is 2.60. The zero-order valence-corrected chi connectivity index (χ0v) is 16.0. The third kappa shape index (κ3) is 4.68. The number of imidazole rings is 1. The molecule has 0 saturated carbocycles. The van der Waals surface area contributed by atoms with E-state index < -0.39 is 0 Å². The summed E-state index contributed by atoms with van der Waals surface area (Å²) >= 11 is 12.1. The minimum Gasteiger partial charge on any atom is -0.370 e. The molecule has 1 heterocycles. The van der Waals surface area contributed by atoms with Crippen molar-refractivity contribution >= 4 is 40.2 Å². The molecule has 26 heavy (non-hydrogen) atoms. The fraction of sp³-hybridized carbons (Fsp3) is 0.263. The smallest absolute Gasteiger partial charge is 0.189 e. The summed E-state index contributed by atoms with van der Waals surface area (Å²) in [6.07, 6.45) is 1.68. The molecule has 2 aromatic carbocycles. The number of halogens is 2. The third-order valence-electron chi connectivity index (χ3n) is 4.09. The first-order valence-electron chi connectivity index (χ1n) is 8.48. The van der Waals surface area contributed by atoms with Gasteiger partial charge < -0.3 is 16.0 Å². The molecule has 7 heteroatoms. The highest BCUT2D eigenvalue weighted by Gasteiger charge is 2.10. The molecule has 5 nitrogen and oxygen atoms in total. The van der Waals surface area contributed by atoms with Gasteiger partial charge in [-0.15, -0.1) is 0 Å². The number of aliphatic imine (C=N–C) groups is 1. The minimum absolute atomic E-state index is 0.0566. The standard InChI is InChI=1S/C19H21Cl2N5/c1-12(14-9-8-13(20)11-15(14)21)24-19(22)23-10-4-7-18-25-16-5-2-3-6-17(16)26-18/h2-3,5-6,8-9,11-12H,4,7,10H2,1H3,(H,25,26)(H3,22,23,24). The summed E-state index contributed by atoms with van der Waals surface area (Å²) < 4.78 is 0. The maximum Gasteiger partial charge on any atom is 0.189 e. The Morgan fingerprint density at radius 2 is 2.08 bits per heavy atom. The van der Waals surface area contributed by atoms with Crippen molar-refractivity contribution in [1.82, 2.24) is 15.3 Å². The quantitative estimate of drug-likeness (QED) is 0.330. The first-order chi connectivity index (χ1) is 12.5. The molecular weight excluding hydrogens is 369 g/mol. The number of hydrogen-bond acceptors (Lipinski definition) is 2. The van der Waals surface area contributed by atoms with Gasteiger partial charge in [0.25, 0.3) is 0 Å². The van der Waals surface area contributed by atoms with Crippen LogP contribution in [0.1, 0.15) is 30.8 Å². The number of aromatic amines is 1. The highest BCUT2D eigenvalue weighted by atomic mass is 35.5. The Bertz CT molecular complexity index is 886. The highest BCUT2D eigenvalue weighted by Crippen LogP contribution is 2.25. The number of nitrogens with two attached hydrogens (primary N) is 1. The van der Waals surface area contributed by atoms with Crippen LogP contribution < -0.4 is 11.1 Å². The van der Waals surface area contributed by atoms with Crippen molar-refractivity contribution in [1.29, 1.82) is 0 Å². The van der Waals surface area contributed by atoms with E-state index in [0.29, 0.717) is 22.5 Å². The Labute approximate surface area is 162 Å². The van der Waals surface area contributed by atoms with E-state index in [2.05, 4.69) is 20.3 Å². The van der Waals surface area contributed by atoms with Gasteiger partial charge in [0.15, 0.2) is 5.96 Å². The van der Waals surface area contributed by atoms with Crippen LogP contribution >= 0.6 is 23.2 Å². The Morgan fingerprint density at radius 3 is 2.85 bits per heavy atom. The third-order valence-corrected chi connectivity index (χ3v) is 4.65. The molecule has 0 saturated heterocycles. The predicted molar refractivity (Wildman–Crippen MR) is 109 cm³/mol. The molecular formula is C19H21Cl2N5. The van der Waals surface area contributed by atoms with Gasteiger partial charge in [-0.25, -0.2) is 4.98 Å². The molecule has 1 aromatic heterocycles. The zero-order valence-electron chi connectivity index (χ0n) is 14.5. The number of rotatable bonds is 6. The van der Waals surface area contributed by atoms with Gasteiger partial charge in [-0.1, -0.05) is 41.4 Å². The molecule has 0 spiro atoms. The second-order valence-corrected chi connectivity index (χ2v) is 6.95. The van der Waals surface area contributed by atoms with Gasteiger partial charge >= 0.3 is 0 Å². The van der Waals surface area contributed by atoms with Crippen molar-refractivity contribution in [2.75, 3.05) is 6.54 Å². The van der Waals surface area contributed by atoms with Gasteiger partial charge in [0, 0.05) is 23.0 Å². The topological polar surface area (TPSA) is 79.1 Å². The number of fused-ring (bicyclic) bond motifs is 1. The van der Waals surface area contributed by atoms with Crippen molar-refractivity contribution in [2.45, 2.75) is 25.8 Å². The lowest BCUT2D eigenvalue weighted by atomic mass is 10.1. The maximum atomic E-state index is 6.22. The number of benzene rings is 2. The molecule has 0 aliphatic carbocycles. The molecule has 0 bridgehead atoms. The molecule has 0 aliphatic rings. The van der Waals surface area contributed by atoms with Gasteiger partial charge in [-0.2, -0.15) is 0 Å². The Morgan fingerprint density at radius 1 is 1.27 bits per heavy atom. The number of hydrogen-bond donors (Lipinski definition) is 3. The normalized spacial score (nSPS) is 13.1. The lowest BCUT2D eigenvalue weighted by Crippen LogP contribution is -2.34. The van der Waals surface area contributed by atoms with Crippen LogP contribution in [0.2, 0.25) is 10.0 Å². The molecule has 0 fully saturated rings. The number of H-pyrrole nitrogens is 1. The first-order valence-corrected chi connectivity index (χ1v) is 9.23. The van der Waals surface area contributed by atoms with E-state index in [1.807, 2.05) is 43.3 Å². The van der Waals surface area contributed by atoms with E-state index in [-0.39, 0.29) is 6.04 Å². The van der Waals surface area contributed by atoms with Crippen molar-refractivity contribution in [3.8, 4) is 0 Å². The van der Waals surface area contributed by atoms with Gasteiger partial charge in [-0.05, 0) is 43.2 Å². The van der Waals surface area contributed by atoms with Gasteiger partial charge in [0.05, 0.1) is 17.1 Å². The van der Waals surface area contributed by atoms with E-state index in [1.54, 1.807) is 6.07 Å². The molecule has 1 atom stereocenters. The van der Waals surface area contributed by atoms with Crippen LogP contribution in [0.5, 0.6) is 0 Å². The number of guanidine groups is 1. The zero-order chi connectivity index (χ0) is 18.5. The monoisotopic (exact) mass is 389 g/mol. The van der Waals surface area contributed by atoms with Crippen LogP contribution in [0.3, 0.4) is 0 Å². The predicted octanol–water partition coefficient (Wildman–Crippen LogP) is 4.47. The largest absolute Gasteiger partial charge is 0.370 e. The average molecular weight is 390 g/mol. The SMILES string of the molecule is CC(NC(N)=NCCCc1nc2ccccc2[nH]1)c1ccc(Cl)cc1Cl. The maximum absolute atomic E-state index is 6.22. The molecule has 1 unspecified atom stereocenters.